The highest BCUT2D eigenvalue weighted by Gasteiger charge is 2.34. The maximum atomic E-state index is 11.1. The Balaban J connectivity index is 2.34. The van der Waals surface area contributed by atoms with Crippen LogP contribution in [0.1, 0.15) is 12.8 Å². The average molecular weight is 268 g/mol. The second-order valence-electron chi connectivity index (χ2n) is 4.22. The molecule has 1 aliphatic rings. The first kappa shape index (κ1) is 13.4. The van der Waals surface area contributed by atoms with Crippen LogP contribution in [-0.2, 0) is 4.74 Å². The molecule has 1 aliphatic carbocycles. The molecule has 0 aliphatic heterocycles. The van der Waals surface area contributed by atoms with Gasteiger partial charge in [-0.1, -0.05) is 0 Å². The summed E-state index contributed by atoms with van der Waals surface area (Å²) < 4.78 is 5.03. The molecule has 0 radical (unpaired) electrons. The fourth-order valence-electron chi connectivity index (χ4n) is 1.81. The molecule has 0 spiro atoms. The van der Waals surface area contributed by atoms with Crippen LogP contribution in [0, 0.1) is 10.1 Å². The number of ether oxygens (including phenoxy) is 1. The molecule has 1 saturated carbocycles. The van der Waals surface area contributed by atoms with E-state index in [1.807, 2.05) is 4.90 Å². The van der Waals surface area contributed by atoms with Crippen molar-refractivity contribution in [3.63, 3.8) is 0 Å². The van der Waals surface area contributed by atoms with Crippen molar-refractivity contribution >= 4 is 17.5 Å². The Morgan fingerprint density at radius 1 is 1.68 bits per heavy atom. The van der Waals surface area contributed by atoms with Crippen molar-refractivity contribution in [2.24, 2.45) is 5.84 Å². The van der Waals surface area contributed by atoms with Crippen LogP contribution in [0.3, 0.4) is 0 Å². The zero-order valence-corrected chi connectivity index (χ0v) is 10.6. The molecule has 0 atom stereocenters. The average Bonchev–Trinajstić information content (AvgIpc) is 3.23. The first-order valence-corrected chi connectivity index (χ1v) is 5.91. The Kier molecular flexibility index (Phi) is 4.07. The molecule has 1 aromatic heterocycles. The van der Waals surface area contributed by atoms with E-state index >= 15 is 0 Å². The molecule has 0 aromatic carbocycles. The van der Waals surface area contributed by atoms with Crippen molar-refractivity contribution in [2.75, 3.05) is 30.6 Å². The third kappa shape index (κ3) is 3.06. The summed E-state index contributed by atoms with van der Waals surface area (Å²) in [5, 5.41) is 11.1. The van der Waals surface area contributed by atoms with E-state index in [1.54, 1.807) is 7.11 Å². The Labute approximate surface area is 109 Å². The molecule has 104 valence electrons. The van der Waals surface area contributed by atoms with E-state index in [0.717, 1.165) is 12.8 Å². The van der Waals surface area contributed by atoms with Crippen LogP contribution < -0.4 is 16.2 Å². The molecule has 1 fully saturated rings. The molecule has 9 heteroatoms. The summed E-state index contributed by atoms with van der Waals surface area (Å²) in [5.74, 6) is 5.69. The molecule has 0 amide bonds. The Morgan fingerprint density at radius 3 is 2.95 bits per heavy atom. The van der Waals surface area contributed by atoms with Gasteiger partial charge in [0.25, 0.3) is 0 Å². The van der Waals surface area contributed by atoms with Crippen LogP contribution in [0.5, 0.6) is 0 Å². The smallest absolute Gasteiger partial charge is 0.329 e. The lowest BCUT2D eigenvalue weighted by Gasteiger charge is -2.22. The summed E-state index contributed by atoms with van der Waals surface area (Å²) in [6.45, 7) is 1.02. The van der Waals surface area contributed by atoms with Gasteiger partial charge in [-0.15, -0.1) is 0 Å². The fraction of sp³-hybridized carbons (Fsp3) is 0.600. The maximum absolute atomic E-state index is 11.1. The minimum absolute atomic E-state index is 0.123. The van der Waals surface area contributed by atoms with Crippen molar-refractivity contribution in [1.29, 1.82) is 0 Å². The minimum Gasteiger partial charge on any atom is -0.383 e. The Morgan fingerprint density at radius 2 is 2.42 bits per heavy atom. The SMILES string of the molecule is COCCN(c1nc(NN)ncc1[N+](=O)[O-])C1CC1. The van der Waals surface area contributed by atoms with Crippen LogP contribution >= 0.6 is 0 Å². The number of rotatable bonds is 7. The van der Waals surface area contributed by atoms with Gasteiger partial charge in [-0.3, -0.25) is 15.5 Å². The first-order valence-electron chi connectivity index (χ1n) is 5.91. The van der Waals surface area contributed by atoms with Gasteiger partial charge in [-0.2, -0.15) is 4.98 Å². The third-order valence-corrected chi connectivity index (χ3v) is 2.87. The third-order valence-electron chi connectivity index (χ3n) is 2.87. The number of aromatic nitrogens is 2. The van der Waals surface area contributed by atoms with E-state index in [0.29, 0.717) is 13.2 Å². The molecular formula is C10H16N6O3. The Bertz CT molecular complexity index is 465. The highest BCUT2D eigenvalue weighted by molar-refractivity contribution is 5.60. The van der Waals surface area contributed by atoms with Crippen molar-refractivity contribution in [2.45, 2.75) is 18.9 Å². The number of nitrogens with one attached hydrogen (secondary N) is 1. The number of hydrogen-bond acceptors (Lipinski definition) is 8. The summed E-state index contributed by atoms with van der Waals surface area (Å²) in [5.41, 5.74) is 2.18. The number of hydrazine groups is 1. The van der Waals surface area contributed by atoms with E-state index in [4.69, 9.17) is 10.6 Å². The van der Waals surface area contributed by atoms with Crippen LogP contribution in [0.4, 0.5) is 17.5 Å². The second kappa shape index (κ2) is 5.76. The van der Waals surface area contributed by atoms with Gasteiger partial charge in [-0.25, -0.2) is 10.8 Å². The zero-order valence-electron chi connectivity index (χ0n) is 10.6. The number of nitro groups is 1. The molecule has 0 saturated heterocycles. The van der Waals surface area contributed by atoms with Gasteiger partial charge in [0.2, 0.25) is 11.8 Å². The van der Waals surface area contributed by atoms with E-state index in [2.05, 4.69) is 15.4 Å². The number of nitrogen functional groups attached to an aromatic ring is 1. The van der Waals surface area contributed by atoms with E-state index in [1.165, 1.54) is 6.20 Å². The van der Waals surface area contributed by atoms with E-state index in [-0.39, 0.29) is 23.5 Å². The molecule has 3 N–H and O–H groups in total. The molecular weight excluding hydrogens is 252 g/mol. The topological polar surface area (TPSA) is 119 Å². The predicted octanol–water partition coefficient (Wildman–Crippen LogP) is 0.286. The number of nitrogens with zero attached hydrogens (tertiary/aromatic N) is 4. The van der Waals surface area contributed by atoms with Crippen LogP contribution in [0.15, 0.2) is 6.20 Å². The molecule has 1 heterocycles. The summed E-state index contributed by atoms with van der Waals surface area (Å²) in [6.07, 6.45) is 3.16. The van der Waals surface area contributed by atoms with E-state index in [9.17, 15) is 10.1 Å². The fourth-order valence-corrected chi connectivity index (χ4v) is 1.81. The normalized spacial score (nSPS) is 14.2. The van der Waals surface area contributed by atoms with Gasteiger partial charge in [0.1, 0.15) is 6.20 Å². The van der Waals surface area contributed by atoms with Crippen molar-refractivity contribution in [3.05, 3.63) is 16.3 Å². The summed E-state index contributed by atoms with van der Waals surface area (Å²) >= 11 is 0. The zero-order chi connectivity index (χ0) is 13.8. The minimum atomic E-state index is -0.488. The lowest BCUT2D eigenvalue weighted by molar-refractivity contribution is -0.384. The van der Waals surface area contributed by atoms with Gasteiger partial charge >= 0.3 is 5.69 Å². The standard InChI is InChI=1S/C10H16N6O3/c1-19-5-4-15(7-2-3-7)9-8(16(17)18)6-12-10(13-9)14-11/h6-7H,2-5,11H2,1H3,(H,12,13,14). The van der Waals surface area contributed by atoms with Crippen LogP contribution in [0.2, 0.25) is 0 Å². The monoisotopic (exact) mass is 268 g/mol. The lowest BCUT2D eigenvalue weighted by Crippen LogP contribution is -2.31. The first-order chi connectivity index (χ1) is 9.17. The van der Waals surface area contributed by atoms with E-state index < -0.39 is 4.92 Å². The van der Waals surface area contributed by atoms with Gasteiger partial charge in [0, 0.05) is 19.7 Å². The number of nitrogens with two attached hydrogens (primary N) is 1. The summed E-state index contributed by atoms with van der Waals surface area (Å²) in [4.78, 5) is 20.3. The molecule has 0 unspecified atom stereocenters. The van der Waals surface area contributed by atoms with Crippen molar-refractivity contribution in [3.8, 4) is 0 Å². The quantitative estimate of drug-likeness (QED) is 0.411. The molecule has 0 bridgehead atoms. The maximum Gasteiger partial charge on any atom is 0.329 e. The van der Waals surface area contributed by atoms with Crippen molar-refractivity contribution in [1.82, 2.24) is 9.97 Å². The molecule has 1 aromatic rings. The van der Waals surface area contributed by atoms with Gasteiger partial charge in [-0.05, 0) is 12.8 Å². The predicted molar refractivity (Wildman–Crippen MR) is 68.7 cm³/mol. The summed E-state index contributed by atoms with van der Waals surface area (Å²) in [6, 6.07) is 0.273. The highest BCUT2D eigenvalue weighted by atomic mass is 16.6. The van der Waals surface area contributed by atoms with Crippen LogP contribution in [0.25, 0.3) is 0 Å². The molecule has 2 rings (SSSR count). The lowest BCUT2D eigenvalue weighted by atomic mass is 10.4. The highest BCUT2D eigenvalue weighted by Crippen LogP contribution is 2.35. The number of anilines is 2. The summed E-state index contributed by atoms with van der Waals surface area (Å²) in [7, 11) is 1.59. The largest absolute Gasteiger partial charge is 0.383 e. The van der Waals surface area contributed by atoms with Crippen LogP contribution in [-0.4, -0.2) is 41.2 Å². The van der Waals surface area contributed by atoms with Gasteiger partial charge in [0.15, 0.2) is 0 Å². The van der Waals surface area contributed by atoms with Gasteiger partial charge in [0.05, 0.1) is 11.5 Å². The number of hydrogen-bond donors (Lipinski definition) is 2. The Hall–Kier alpha value is -2.00. The number of methoxy groups -OCH3 is 1. The second-order valence-corrected chi connectivity index (χ2v) is 4.22. The molecule has 9 nitrogen and oxygen atoms in total. The van der Waals surface area contributed by atoms with Gasteiger partial charge < -0.3 is 9.64 Å². The van der Waals surface area contributed by atoms with Crippen molar-refractivity contribution < 1.29 is 9.66 Å². The molecule has 19 heavy (non-hydrogen) atoms.